The predicted molar refractivity (Wildman–Crippen MR) is 120 cm³/mol. The van der Waals surface area contributed by atoms with Crippen molar-refractivity contribution in [1.82, 2.24) is 0 Å². The molecule has 0 saturated heterocycles. The number of rotatable bonds is 7. The van der Waals surface area contributed by atoms with Crippen molar-refractivity contribution >= 4 is 0 Å². The van der Waals surface area contributed by atoms with Crippen LogP contribution in [0.1, 0.15) is 94.7 Å². The zero-order chi connectivity index (χ0) is 20.1. The molecular formula is C27H38O. The van der Waals surface area contributed by atoms with Gasteiger partial charge in [0.15, 0.2) is 0 Å². The molecule has 3 rings (SSSR count). The van der Waals surface area contributed by atoms with Gasteiger partial charge in [-0.25, -0.2) is 0 Å². The summed E-state index contributed by atoms with van der Waals surface area (Å²) in [6, 6.07) is 18.1. The van der Waals surface area contributed by atoms with E-state index in [2.05, 4.69) is 76.2 Å². The summed E-state index contributed by atoms with van der Waals surface area (Å²) in [7, 11) is 1.72. The molecule has 0 heterocycles. The molecule has 0 aromatic heterocycles. The zero-order valence-corrected chi connectivity index (χ0v) is 18.5. The Labute approximate surface area is 172 Å². The van der Waals surface area contributed by atoms with E-state index < -0.39 is 0 Å². The minimum atomic E-state index is 0.0892. The van der Waals surface area contributed by atoms with Crippen LogP contribution in [0.5, 0.6) is 5.75 Å². The summed E-state index contributed by atoms with van der Waals surface area (Å²) in [5.41, 5.74) is 4.43. The van der Waals surface area contributed by atoms with Crippen LogP contribution < -0.4 is 4.74 Å². The number of benzene rings is 2. The Morgan fingerprint density at radius 2 is 1.54 bits per heavy atom. The molecule has 1 aliphatic rings. The van der Waals surface area contributed by atoms with Gasteiger partial charge in [-0.05, 0) is 77.7 Å². The van der Waals surface area contributed by atoms with E-state index in [1.54, 1.807) is 12.7 Å². The van der Waals surface area contributed by atoms with Crippen LogP contribution in [0.25, 0.3) is 0 Å². The van der Waals surface area contributed by atoms with Crippen molar-refractivity contribution in [3.63, 3.8) is 0 Å². The largest absolute Gasteiger partial charge is 0.497 e. The van der Waals surface area contributed by atoms with Gasteiger partial charge in [0.25, 0.3) is 0 Å². The highest BCUT2D eigenvalue weighted by atomic mass is 16.5. The van der Waals surface area contributed by atoms with Crippen molar-refractivity contribution in [3.8, 4) is 5.75 Å². The third-order valence-corrected chi connectivity index (χ3v) is 7.37. The molecule has 1 nitrogen and oxygen atoms in total. The van der Waals surface area contributed by atoms with Crippen molar-refractivity contribution in [3.05, 3.63) is 65.2 Å². The summed E-state index contributed by atoms with van der Waals surface area (Å²) in [4.78, 5) is 0. The average Bonchev–Trinajstić information content (AvgIpc) is 2.74. The van der Waals surface area contributed by atoms with Crippen LogP contribution >= 0.6 is 0 Å². The summed E-state index contributed by atoms with van der Waals surface area (Å²) in [5, 5.41) is 0. The molecule has 1 atom stereocenters. The molecule has 152 valence electrons. The Kier molecular flexibility index (Phi) is 6.86. The first-order valence-corrected chi connectivity index (χ1v) is 11.2. The Balaban J connectivity index is 1.69. The summed E-state index contributed by atoms with van der Waals surface area (Å²) < 4.78 is 5.31. The lowest BCUT2D eigenvalue weighted by Crippen LogP contribution is -2.25. The monoisotopic (exact) mass is 378 g/mol. The second-order valence-corrected chi connectivity index (χ2v) is 9.34. The predicted octanol–water partition coefficient (Wildman–Crippen LogP) is 7.85. The van der Waals surface area contributed by atoms with Crippen molar-refractivity contribution < 1.29 is 4.74 Å². The van der Waals surface area contributed by atoms with Crippen LogP contribution in [-0.4, -0.2) is 7.11 Å². The normalized spacial score (nSPS) is 21.3. The SMILES string of the molecule is CCCC1CCC(c2ccc(C(C)(C)[C@H](C)c3ccc(OC)cc3)cc2)CC1. The van der Waals surface area contributed by atoms with Gasteiger partial charge in [-0.2, -0.15) is 0 Å². The fourth-order valence-electron chi connectivity index (χ4n) is 4.94. The maximum absolute atomic E-state index is 5.31. The van der Waals surface area contributed by atoms with Crippen molar-refractivity contribution in [2.24, 2.45) is 5.92 Å². The molecule has 0 radical (unpaired) electrons. The lowest BCUT2D eigenvalue weighted by molar-refractivity contribution is 0.308. The van der Waals surface area contributed by atoms with Crippen LogP contribution in [-0.2, 0) is 5.41 Å². The third kappa shape index (κ3) is 4.62. The van der Waals surface area contributed by atoms with Crippen LogP contribution in [0.3, 0.4) is 0 Å². The summed E-state index contributed by atoms with van der Waals surface area (Å²) >= 11 is 0. The minimum Gasteiger partial charge on any atom is -0.497 e. The number of ether oxygens (including phenoxy) is 1. The number of hydrogen-bond acceptors (Lipinski definition) is 1. The molecule has 2 aromatic rings. The molecule has 1 aliphatic carbocycles. The van der Waals surface area contributed by atoms with Crippen molar-refractivity contribution in [2.45, 2.75) is 83.5 Å². The van der Waals surface area contributed by atoms with E-state index in [0.29, 0.717) is 5.92 Å². The van der Waals surface area contributed by atoms with Crippen LogP contribution in [0.4, 0.5) is 0 Å². The van der Waals surface area contributed by atoms with E-state index in [0.717, 1.165) is 17.6 Å². The quantitative estimate of drug-likeness (QED) is 0.476. The second-order valence-electron chi connectivity index (χ2n) is 9.34. The van der Waals surface area contributed by atoms with Gasteiger partial charge in [0.2, 0.25) is 0 Å². The lowest BCUT2D eigenvalue weighted by atomic mass is 9.70. The Morgan fingerprint density at radius 1 is 0.929 bits per heavy atom. The molecule has 0 bridgehead atoms. The first-order valence-electron chi connectivity index (χ1n) is 11.2. The minimum absolute atomic E-state index is 0.0892. The zero-order valence-electron chi connectivity index (χ0n) is 18.5. The van der Waals surface area contributed by atoms with Crippen molar-refractivity contribution in [2.75, 3.05) is 7.11 Å². The van der Waals surface area contributed by atoms with Crippen LogP contribution in [0, 0.1) is 5.92 Å². The standard InChI is InChI=1S/C27H38O/c1-6-7-21-8-10-23(11-9-21)24-12-16-25(17-13-24)27(3,4)20(2)22-14-18-26(28-5)19-15-22/h12-21,23H,6-11H2,1-5H3/t20-,21?,23?/m1/s1. The molecule has 2 aromatic carbocycles. The lowest BCUT2D eigenvalue weighted by Gasteiger charge is -2.34. The van der Waals surface area contributed by atoms with E-state index in [1.165, 1.54) is 49.7 Å². The molecule has 28 heavy (non-hydrogen) atoms. The van der Waals surface area contributed by atoms with Gasteiger partial charge in [0, 0.05) is 0 Å². The number of methoxy groups -OCH3 is 1. The Bertz CT molecular complexity index is 718. The van der Waals surface area contributed by atoms with Crippen molar-refractivity contribution in [1.29, 1.82) is 0 Å². The topological polar surface area (TPSA) is 9.23 Å². The Hall–Kier alpha value is -1.76. The van der Waals surface area contributed by atoms with E-state index >= 15 is 0 Å². The number of hydrogen-bond donors (Lipinski definition) is 0. The molecular weight excluding hydrogens is 340 g/mol. The highest BCUT2D eigenvalue weighted by Gasteiger charge is 2.29. The highest BCUT2D eigenvalue weighted by Crippen LogP contribution is 2.41. The Morgan fingerprint density at radius 3 is 2.07 bits per heavy atom. The van der Waals surface area contributed by atoms with Gasteiger partial charge in [-0.1, -0.05) is 76.9 Å². The maximum atomic E-state index is 5.31. The maximum Gasteiger partial charge on any atom is 0.118 e. The third-order valence-electron chi connectivity index (χ3n) is 7.37. The van der Waals surface area contributed by atoms with E-state index in [4.69, 9.17) is 4.74 Å². The molecule has 0 spiro atoms. The van der Waals surface area contributed by atoms with Crippen LogP contribution in [0.2, 0.25) is 0 Å². The molecule has 0 aliphatic heterocycles. The van der Waals surface area contributed by atoms with Gasteiger partial charge in [-0.15, -0.1) is 0 Å². The molecule has 0 N–H and O–H groups in total. The molecule has 1 heteroatoms. The first-order chi connectivity index (χ1) is 13.5. The summed E-state index contributed by atoms with van der Waals surface area (Å²) in [5.74, 6) is 3.11. The highest BCUT2D eigenvalue weighted by molar-refractivity contribution is 5.36. The van der Waals surface area contributed by atoms with E-state index in [9.17, 15) is 0 Å². The molecule has 1 saturated carbocycles. The van der Waals surface area contributed by atoms with Gasteiger partial charge in [0.05, 0.1) is 7.11 Å². The smallest absolute Gasteiger partial charge is 0.118 e. The van der Waals surface area contributed by atoms with E-state index in [1.807, 2.05) is 0 Å². The molecule has 0 amide bonds. The van der Waals surface area contributed by atoms with Gasteiger partial charge < -0.3 is 4.74 Å². The van der Waals surface area contributed by atoms with Gasteiger partial charge in [-0.3, -0.25) is 0 Å². The van der Waals surface area contributed by atoms with Gasteiger partial charge >= 0.3 is 0 Å². The summed E-state index contributed by atoms with van der Waals surface area (Å²) in [6.45, 7) is 9.39. The average molecular weight is 379 g/mol. The fourth-order valence-corrected chi connectivity index (χ4v) is 4.94. The molecule has 0 unspecified atom stereocenters. The summed E-state index contributed by atoms with van der Waals surface area (Å²) in [6.07, 6.45) is 8.33. The second kappa shape index (κ2) is 9.16. The van der Waals surface area contributed by atoms with E-state index in [-0.39, 0.29) is 5.41 Å². The van der Waals surface area contributed by atoms with Crippen LogP contribution in [0.15, 0.2) is 48.5 Å². The first kappa shape index (κ1) is 21.0. The molecule has 1 fully saturated rings. The van der Waals surface area contributed by atoms with Gasteiger partial charge in [0.1, 0.15) is 5.75 Å². The fraction of sp³-hybridized carbons (Fsp3) is 0.556.